The first kappa shape index (κ1) is 25.3. The van der Waals surface area contributed by atoms with Crippen LogP contribution in [0, 0.1) is 5.92 Å². The second-order valence-corrected chi connectivity index (χ2v) is 9.05. The first-order chi connectivity index (χ1) is 15.7. The number of carbonyl (C=O) groups excluding carboxylic acids is 1. The molecule has 2 unspecified atom stereocenters. The average molecular weight is 496 g/mol. The molecule has 0 bridgehead atoms. The van der Waals surface area contributed by atoms with E-state index in [4.69, 9.17) is 38.5 Å². The van der Waals surface area contributed by atoms with E-state index in [0.29, 0.717) is 22.2 Å². The summed E-state index contributed by atoms with van der Waals surface area (Å²) in [6, 6.07) is 10.8. The molecule has 2 aromatic rings. The number of rotatable bonds is 8. The van der Waals surface area contributed by atoms with E-state index in [1.807, 2.05) is 37.4 Å². The number of amides is 2. The van der Waals surface area contributed by atoms with Crippen LogP contribution in [0.4, 0.5) is 10.5 Å². The Balaban J connectivity index is 1.58. The van der Waals surface area contributed by atoms with Gasteiger partial charge in [-0.15, -0.1) is 0 Å². The van der Waals surface area contributed by atoms with Crippen molar-refractivity contribution >= 4 is 40.9 Å². The van der Waals surface area contributed by atoms with Crippen molar-refractivity contribution in [1.29, 1.82) is 0 Å². The van der Waals surface area contributed by atoms with E-state index in [1.165, 1.54) is 0 Å². The molecule has 33 heavy (non-hydrogen) atoms. The smallest absolute Gasteiger partial charge is 0.319 e. The van der Waals surface area contributed by atoms with Crippen molar-refractivity contribution in [2.24, 2.45) is 5.92 Å². The van der Waals surface area contributed by atoms with Gasteiger partial charge in [-0.3, -0.25) is 4.79 Å². The number of halogens is 2. The largest absolute Gasteiger partial charge is 0.481 e. The van der Waals surface area contributed by atoms with Crippen LogP contribution in [0.1, 0.15) is 35.4 Å². The van der Waals surface area contributed by atoms with Gasteiger partial charge in [0.25, 0.3) is 0 Å². The molecule has 0 radical (unpaired) electrons. The molecule has 2 atom stereocenters. The lowest BCUT2D eigenvalue weighted by atomic mass is 9.85. The summed E-state index contributed by atoms with van der Waals surface area (Å²) in [6.45, 7) is 1.77. The maximum Gasteiger partial charge on any atom is 0.319 e. The summed E-state index contributed by atoms with van der Waals surface area (Å²) in [6.07, 6.45) is -1.61. The van der Waals surface area contributed by atoms with Crippen molar-refractivity contribution in [2.45, 2.75) is 31.6 Å². The lowest BCUT2D eigenvalue weighted by Crippen LogP contribution is -2.32. The van der Waals surface area contributed by atoms with Crippen molar-refractivity contribution in [3.63, 3.8) is 0 Å². The van der Waals surface area contributed by atoms with E-state index in [0.717, 1.165) is 29.8 Å². The summed E-state index contributed by atoms with van der Waals surface area (Å²) in [5.41, 5.74) is 3.87. The summed E-state index contributed by atoms with van der Waals surface area (Å²) in [4.78, 5) is 25.3. The highest BCUT2D eigenvalue weighted by Gasteiger charge is 2.27. The number of nitrogens with one attached hydrogen (secondary N) is 2. The van der Waals surface area contributed by atoms with Crippen LogP contribution in [0.25, 0.3) is 0 Å². The highest BCUT2D eigenvalue weighted by molar-refractivity contribution is 6.35. The molecule has 0 spiro atoms. The van der Waals surface area contributed by atoms with Gasteiger partial charge in [-0.1, -0.05) is 35.3 Å². The zero-order valence-electron chi connectivity index (χ0n) is 18.1. The lowest BCUT2D eigenvalue weighted by molar-refractivity contribution is -0.159. The summed E-state index contributed by atoms with van der Waals surface area (Å²) >= 11 is 12.7. The fourth-order valence-corrected chi connectivity index (χ4v) is 4.60. The third kappa shape index (κ3) is 6.59. The number of hydrogen-bond donors (Lipinski definition) is 5. The molecule has 8 nitrogen and oxygen atoms in total. The number of aliphatic hydroxyl groups excluding tert-OH is 1. The molecule has 2 amide bonds. The molecular formula is C23H27Cl2N3O5. The highest BCUT2D eigenvalue weighted by atomic mass is 35.5. The average Bonchev–Trinajstić information content (AvgIpc) is 2.73. The number of carbonyl (C=O) groups is 2. The number of carboxylic acid groups (broad SMARTS) is 1. The Labute approximate surface area is 202 Å². The fraction of sp³-hybridized carbons (Fsp3) is 0.391. The van der Waals surface area contributed by atoms with Gasteiger partial charge in [0.15, 0.2) is 6.29 Å². The molecule has 0 fully saturated rings. The number of carboxylic acids is 1. The van der Waals surface area contributed by atoms with E-state index in [1.54, 1.807) is 6.07 Å². The van der Waals surface area contributed by atoms with Crippen LogP contribution in [-0.2, 0) is 11.3 Å². The molecule has 0 saturated carbocycles. The molecule has 0 aromatic heterocycles. The van der Waals surface area contributed by atoms with Gasteiger partial charge in [0.2, 0.25) is 0 Å². The van der Waals surface area contributed by atoms with Gasteiger partial charge >= 0.3 is 12.0 Å². The Morgan fingerprint density at radius 3 is 2.52 bits per heavy atom. The van der Waals surface area contributed by atoms with Crippen molar-refractivity contribution in [2.75, 3.05) is 25.5 Å². The van der Waals surface area contributed by atoms with E-state index < -0.39 is 24.2 Å². The number of aliphatic hydroxyl groups is 2. The molecule has 2 aromatic carbocycles. The number of hydrogen-bond acceptors (Lipinski definition) is 5. The van der Waals surface area contributed by atoms with Gasteiger partial charge < -0.3 is 30.9 Å². The Hall–Kier alpha value is -2.36. The summed E-state index contributed by atoms with van der Waals surface area (Å²) in [5.74, 6) is -2.47. The molecule has 1 aliphatic heterocycles. The van der Waals surface area contributed by atoms with Gasteiger partial charge in [-0.2, -0.15) is 0 Å². The van der Waals surface area contributed by atoms with Crippen molar-refractivity contribution in [1.82, 2.24) is 10.2 Å². The topological polar surface area (TPSA) is 122 Å². The highest BCUT2D eigenvalue weighted by Crippen LogP contribution is 2.38. The Morgan fingerprint density at radius 1 is 1.18 bits per heavy atom. The minimum atomic E-state index is -1.93. The fourth-order valence-electron chi connectivity index (χ4n) is 4.03. The zero-order valence-corrected chi connectivity index (χ0v) is 19.6. The predicted molar refractivity (Wildman–Crippen MR) is 127 cm³/mol. The standard InChI is InChI=1S/C23H27Cl2N3O5/c1-28-11-18(17-9-14(24)10-20(25)19(17)12-28)13-4-6-15(7-5-13)27-23(33)26-8-2-3-16(21(29)30)22(31)32/h4-7,9-10,16,18,21,29-30H,2-3,8,11-12H2,1H3,(H,31,32)(H2,26,27,33). The van der Waals surface area contributed by atoms with E-state index in [9.17, 15) is 9.59 Å². The van der Waals surface area contributed by atoms with Gasteiger partial charge in [-0.05, 0) is 60.8 Å². The molecule has 1 heterocycles. The number of benzene rings is 2. The summed E-state index contributed by atoms with van der Waals surface area (Å²) in [5, 5.41) is 33.7. The number of anilines is 1. The first-order valence-electron chi connectivity index (χ1n) is 10.6. The van der Waals surface area contributed by atoms with Crippen LogP contribution in [0.5, 0.6) is 0 Å². The lowest BCUT2D eigenvalue weighted by Gasteiger charge is -2.33. The number of nitrogens with zero attached hydrogens (tertiary/aromatic N) is 1. The maximum atomic E-state index is 12.1. The predicted octanol–water partition coefficient (Wildman–Crippen LogP) is 3.48. The van der Waals surface area contributed by atoms with Crippen LogP contribution in [0.3, 0.4) is 0 Å². The summed E-state index contributed by atoms with van der Waals surface area (Å²) < 4.78 is 0. The van der Waals surface area contributed by atoms with Crippen molar-refractivity contribution in [3.05, 3.63) is 63.1 Å². The third-order valence-electron chi connectivity index (χ3n) is 5.72. The zero-order chi connectivity index (χ0) is 24.1. The van der Waals surface area contributed by atoms with E-state index in [-0.39, 0.29) is 18.9 Å². The van der Waals surface area contributed by atoms with Crippen LogP contribution in [0.2, 0.25) is 10.0 Å². The van der Waals surface area contributed by atoms with Crippen LogP contribution in [-0.4, -0.2) is 58.6 Å². The second-order valence-electron chi connectivity index (χ2n) is 8.21. The minimum Gasteiger partial charge on any atom is -0.481 e. The molecule has 3 rings (SSSR count). The molecule has 5 N–H and O–H groups in total. The quantitative estimate of drug-likeness (QED) is 0.282. The second kappa shape index (κ2) is 11.2. The Bertz CT molecular complexity index is 1000. The monoisotopic (exact) mass is 495 g/mol. The molecular weight excluding hydrogens is 469 g/mol. The Kier molecular flexibility index (Phi) is 8.56. The van der Waals surface area contributed by atoms with Crippen LogP contribution in [0.15, 0.2) is 36.4 Å². The molecule has 178 valence electrons. The van der Waals surface area contributed by atoms with Gasteiger partial charge in [0.1, 0.15) is 5.92 Å². The number of fused-ring (bicyclic) bond motifs is 1. The van der Waals surface area contributed by atoms with Gasteiger partial charge in [0, 0.05) is 41.3 Å². The molecule has 0 saturated heterocycles. The van der Waals surface area contributed by atoms with Crippen LogP contribution < -0.4 is 10.6 Å². The Morgan fingerprint density at radius 2 is 1.88 bits per heavy atom. The number of urea groups is 1. The SMILES string of the molecule is CN1Cc2c(Cl)cc(Cl)cc2C(c2ccc(NC(=O)NCCCC(C(=O)O)C(O)O)cc2)C1. The maximum absolute atomic E-state index is 12.1. The van der Waals surface area contributed by atoms with Crippen LogP contribution >= 0.6 is 23.2 Å². The third-order valence-corrected chi connectivity index (χ3v) is 6.27. The molecule has 1 aliphatic rings. The van der Waals surface area contributed by atoms with Gasteiger partial charge in [-0.25, -0.2) is 4.79 Å². The minimum absolute atomic E-state index is 0.0350. The van der Waals surface area contributed by atoms with Gasteiger partial charge in [0.05, 0.1) is 0 Å². The first-order valence-corrected chi connectivity index (χ1v) is 11.3. The normalized spacial score (nSPS) is 16.8. The molecule has 10 heteroatoms. The number of aliphatic carboxylic acids is 1. The summed E-state index contributed by atoms with van der Waals surface area (Å²) in [7, 11) is 2.04. The van der Waals surface area contributed by atoms with E-state index >= 15 is 0 Å². The van der Waals surface area contributed by atoms with Crippen molar-refractivity contribution < 1.29 is 24.9 Å². The van der Waals surface area contributed by atoms with E-state index in [2.05, 4.69) is 15.5 Å². The molecule has 0 aliphatic carbocycles. The number of likely N-dealkylation sites (N-methyl/N-ethyl adjacent to an activating group) is 1. The van der Waals surface area contributed by atoms with Crippen molar-refractivity contribution in [3.8, 4) is 0 Å².